The number of benzene rings is 2. The zero-order valence-electron chi connectivity index (χ0n) is 16.3. The largest absolute Gasteiger partial charge is 0.483 e. The summed E-state index contributed by atoms with van der Waals surface area (Å²) in [5.41, 5.74) is 2.05. The molecule has 1 heterocycles. The quantitative estimate of drug-likeness (QED) is 0.553. The fourth-order valence-electron chi connectivity index (χ4n) is 2.77. The van der Waals surface area contributed by atoms with E-state index in [-0.39, 0.29) is 18.4 Å². The molecule has 0 radical (unpaired) electrons. The number of rotatable bonds is 8. The minimum absolute atomic E-state index is 0.108. The smallest absolute Gasteiger partial charge is 0.262 e. The highest BCUT2D eigenvalue weighted by molar-refractivity contribution is 7.13. The molecule has 1 unspecified atom stereocenters. The van der Waals surface area contributed by atoms with E-state index in [1.807, 2.05) is 24.3 Å². The standard InChI is InChI=1S/C22H23N3O3S/c1-3-15(2)18-9-4-5-10-19(18)28-14-20(26)24-17-8-6-7-16(13-17)21(27)25-22-23-11-12-29-22/h4-13,15H,3,14H2,1-2H3,(H,24,26)(H,23,25,27). The number of hydrogen-bond acceptors (Lipinski definition) is 5. The van der Waals surface area contributed by atoms with Crippen LogP contribution < -0.4 is 15.4 Å². The van der Waals surface area contributed by atoms with Crippen LogP contribution in [-0.4, -0.2) is 23.4 Å². The second-order valence-corrected chi connectivity index (χ2v) is 7.45. The van der Waals surface area contributed by atoms with Gasteiger partial charge in [0.25, 0.3) is 11.8 Å². The Bertz CT molecular complexity index is 973. The average molecular weight is 410 g/mol. The molecule has 0 saturated heterocycles. The van der Waals surface area contributed by atoms with Crippen molar-refractivity contribution in [3.8, 4) is 5.75 Å². The van der Waals surface area contributed by atoms with Gasteiger partial charge in [-0.1, -0.05) is 38.1 Å². The summed E-state index contributed by atoms with van der Waals surface area (Å²) in [4.78, 5) is 28.7. The van der Waals surface area contributed by atoms with Crippen molar-refractivity contribution >= 4 is 34.0 Å². The number of carbonyl (C=O) groups is 2. The highest BCUT2D eigenvalue weighted by atomic mass is 32.1. The van der Waals surface area contributed by atoms with Gasteiger partial charge in [0.1, 0.15) is 5.75 Å². The summed E-state index contributed by atoms with van der Waals surface area (Å²) in [6.07, 6.45) is 2.61. The molecule has 6 nitrogen and oxygen atoms in total. The molecule has 0 aliphatic carbocycles. The van der Waals surface area contributed by atoms with E-state index < -0.39 is 0 Å². The molecule has 7 heteroatoms. The molecule has 1 aromatic heterocycles. The second-order valence-electron chi connectivity index (χ2n) is 6.56. The minimum Gasteiger partial charge on any atom is -0.483 e. The summed E-state index contributed by atoms with van der Waals surface area (Å²) in [6.45, 7) is 4.14. The molecule has 2 N–H and O–H groups in total. The Morgan fingerprint density at radius 3 is 2.72 bits per heavy atom. The van der Waals surface area contributed by atoms with Gasteiger partial charge in [-0.3, -0.25) is 14.9 Å². The lowest BCUT2D eigenvalue weighted by Gasteiger charge is -2.15. The van der Waals surface area contributed by atoms with Gasteiger partial charge in [0, 0.05) is 22.8 Å². The number of ether oxygens (including phenoxy) is 1. The number of nitrogens with one attached hydrogen (secondary N) is 2. The van der Waals surface area contributed by atoms with Gasteiger partial charge in [-0.25, -0.2) is 4.98 Å². The first-order valence-electron chi connectivity index (χ1n) is 9.39. The van der Waals surface area contributed by atoms with Gasteiger partial charge >= 0.3 is 0 Å². The van der Waals surface area contributed by atoms with E-state index in [1.54, 1.807) is 35.8 Å². The third-order valence-electron chi connectivity index (χ3n) is 4.48. The maximum Gasteiger partial charge on any atom is 0.262 e. The van der Waals surface area contributed by atoms with Gasteiger partial charge in [0.05, 0.1) is 0 Å². The SMILES string of the molecule is CCC(C)c1ccccc1OCC(=O)Nc1cccc(C(=O)Nc2nccs2)c1. The zero-order valence-corrected chi connectivity index (χ0v) is 17.2. The van der Waals surface area contributed by atoms with Crippen LogP contribution in [-0.2, 0) is 4.79 Å². The lowest BCUT2D eigenvalue weighted by atomic mass is 9.98. The molecule has 1 atom stereocenters. The number of carbonyl (C=O) groups excluding carboxylic acids is 2. The Hall–Kier alpha value is -3.19. The first kappa shape index (κ1) is 20.5. The van der Waals surface area contributed by atoms with Crippen molar-refractivity contribution in [1.29, 1.82) is 0 Å². The lowest BCUT2D eigenvalue weighted by Crippen LogP contribution is -2.21. The topological polar surface area (TPSA) is 80.3 Å². The van der Waals surface area contributed by atoms with E-state index in [9.17, 15) is 9.59 Å². The number of anilines is 2. The van der Waals surface area contributed by atoms with Crippen LogP contribution in [0.3, 0.4) is 0 Å². The van der Waals surface area contributed by atoms with Crippen LogP contribution in [0.2, 0.25) is 0 Å². The summed E-state index contributed by atoms with van der Waals surface area (Å²) < 4.78 is 5.74. The number of aromatic nitrogens is 1. The predicted octanol–water partition coefficient (Wildman–Crippen LogP) is 4.93. The van der Waals surface area contributed by atoms with Crippen molar-refractivity contribution in [2.75, 3.05) is 17.2 Å². The molecule has 0 bridgehead atoms. The van der Waals surface area contributed by atoms with E-state index in [0.29, 0.717) is 28.0 Å². The summed E-state index contributed by atoms with van der Waals surface area (Å²) in [7, 11) is 0. The predicted molar refractivity (Wildman–Crippen MR) is 116 cm³/mol. The molecule has 0 fully saturated rings. The minimum atomic E-state index is -0.290. The summed E-state index contributed by atoms with van der Waals surface area (Å²) in [5, 5.41) is 7.80. The van der Waals surface area contributed by atoms with E-state index in [0.717, 1.165) is 12.0 Å². The van der Waals surface area contributed by atoms with Gasteiger partial charge in [-0.2, -0.15) is 0 Å². The van der Waals surface area contributed by atoms with Crippen molar-refractivity contribution in [3.63, 3.8) is 0 Å². The fraction of sp³-hybridized carbons (Fsp3) is 0.227. The van der Waals surface area contributed by atoms with Crippen LogP contribution in [0.5, 0.6) is 5.75 Å². The molecule has 3 aromatic rings. The fourth-order valence-corrected chi connectivity index (χ4v) is 3.30. The Kier molecular flexibility index (Phi) is 6.97. The van der Waals surface area contributed by atoms with Crippen molar-refractivity contribution in [2.24, 2.45) is 0 Å². The van der Waals surface area contributed by atoms with Crippen LogP contribution in [0.25, 0.3) is 0 Å². The molecule has 29 heavy (non-hydrogen) atoms. The Morgan fingerprint density at radius 1 is 1.14 bits per heavy atom. The maximum atomic E-state index is 12.3. The first-order chi connectivity index (χ1) is 14.1. The summed E-state index contributed by atoms with van der Waals surface area (Å²) in [5.74, 6) is 0.493. The number of amides is 2. The molecular formula is C22H23N3O3S. The first-order valence-corrected chi connectivity index (χ1v) is 10.3. The van der Waals surface area contributed by atoms with Crippen molar-refractivity contribution in [3.05, 3.63) is 71.2 Å². The Labute approximate surface area is 173 Å². The molecule has 0 spiro atoms. The van der Waals surface area contributed by atoms with E-state index >= 15 is 0 Å². The van der Waals surface area contributed by atoms with E-state index in [2.05, 4.69) is 29.5 Å². The normalized spacial score (nSPS) is 11.5. The summed E-state index contributed by atoms with van der Waals surface area (Å²) in [6, 6.07) is 14.5. The third kappa shape index (κ3) is 5.65. The second kappa shape index (κ2) is 9.84. The van der Waals surface area contributed by atoms with Crippen LogP contribution in [0.1, 0.15) is 42.1 Å². The molecule has 0 aliphatic heterocycles. The Morgan fingerprint density at radius 2 is 1.97 bits per heavy atom. The molecular weight excluding hydrogens is 386 g/mol. The number of thiazole rings is 1. The van der Waals surface area contributed by atoms with Crippen molar-refractivity contribution in [2.45, 2.75) is 26.2 Å². The van der Waals surface area contributed by atoms with Gasteiger partial charge < -0.3 is 10.1 Å². The van der Waals surface area contributed by atoms with E-state index in [1.165, 1.54) is 11.3 Å². The van der Waals surface area contributed by atoms with Gasteiger partial charge in [0.2, 0.25) is 0 Å². The van der Waals surface area contributed by atoms with Gasteiger partial charge in [-0.05, 0) is 42.2 Å². The molecule has 150 valence electrons. The highest BCUT2D eigenvalue weighted by Crippen LogP contribution is 2.28. The summed E-state index contributed by atoms with van der Waals surface area (Å²) >= 11 is 1.34. The van der Waals surface area contributed by atoms with Crippen LogP contribution >= 0.6 is 11.3 Å². The van der Waals surface area contributed by atoms with Crippen molar-refractivity contribution < 1.29 is 14.3 Å². The molecule has 0 aliphatic rings. The van der Waals surface area contributed by atoms with E-state index in [4.69, 9.17) is 4.74 Å². The molecule has 3 rings (SSSR count). The Balaban J connectivity index is 1.59. The van der Waals surface area contributed by atoms with Gasteiger partial charge in [0.15, 0.2) is 11.7 Å². The van der Waals surface area contributed by atoms with Gasteiger partial charge in [-0.15, -0.1) is 11.3 Å². The lowest BCUT2D eigenvalue weighted by molar-refractivity contribution is -0.118. The van der Waals surface area contributed by atoms with Crippen LogP contribution in [0.4, 0.5) is 10.8 Å². The maximum absolute atomic E-state index is 12.3. The molecule has 2 amide bonds. The highest BCUT2D eigenvalue weighted by Gasteiger charge is 2.12. The molecule has 0 saturated carbocycles. The van der Waals surface area contributed by atoms with Crippen molar-refractivity contribution in [1.82, 2.24) is 4.98 Å². The van der Waals surface area contributed by atoms with Crippen LogP contribution in [0.15, 0.2) is 60.1 Å². The molecule has 2 aromatic carbocycles. The average Bonchev–Trinajstić information content (AvgIpc) is 3.25. The number of nitrogens with zero attached hydrogens (tertiary/aromatic N) is 1. The number of hydrogen-bond donors (Lipinski definition) is 2. The monoisotopic (exact) mass is 409 g/mol. The third-order valence-corrected chi connectivity index (χ3v) is 5.17. The van der Waals surface area contributed by atoms with Crippen LogP contribution in [0, 0.1) is 0 Å². The zero-order chi connectivity index (χ0) is 20.6. The number of para-hydroxylation sites is 1.